The van der Waals surface area contributed by atoms with Crippen molar-refractivity contribution in [2.45, 2.75) is 13.3 Å². The topological polar surface area (TPSA) is 59.9 Å². The molecule has 0 aliphatic carbocycles. The molecule has 0 fully saturated rings. The van der Waals surface area contributed by atoms with E-state index in [9.17, 15) is 0 Å². The number of nitrogens with zero attached hydrogens (tertiary/aromatic N) is 3. The van der Waals surface area contributed by atoms with Crippen molar-refractivity contribution in [2.75, 3.05) is 19.0 Å². The molecule has 18 heavy (non-hydrogen) atoms. The number of rotatable bonds is 5. The van der Waals surface area contributed by atoms with Crippen molar-refractivity contribution >= 4 is 28.8 Å². The van der Waals surface area contributed by atoms with E-state index in [1.54, 1.807) is 18.4 Å². The number of hydrogen-bond acceptors (Lipinski definition) is 6. The van der Waals surface area contributed by atoms with Crippen molar-refractivity contribution in [3.8, 4) is 5.75 Å². The highest BCUT2D eigenvalue weighted by molar-refractivity contribution is 7.09. The molecule has 2 aromatic heterocycles. The monoisotopic (exact) mass is 284 g/mol. The number of thiazole rings is 1. The summed E-state index contributed by atoms with van der Waals surface area (Å²) in [6, 6.07) is 0. The van der Waals surface area contributed by atoms with Gasteiger partial charge in [-0.25, -0.2) is 15.0 Å². The molecule has 0 saturated carbocycles. The molecule has 0 radical (unpaired) electrons. The Kier molecular flexibility index (Phi) is 4.33. The molecule has 0 aliphatic heterocycles. The maximum Gasteiger partial charge on any atom is 0.198 e. The minimum absolute atomic E-state index is 0.305. The standard InChI is InChI=1S/C11H13ClN4OS/c1-7-16-8(5-18-7)3-4-13-11-9(17-2)10(12)14-6-15-11/h5-6H,3-4H2,1-2H3,(H,13,14,15). The van der Waals surface area contributed by atoms with Crippen LogP contribution in [-0.4, -0.2) is 28.6 Å². The summed E-state index contributed by atoms with van der Waals surface area (Å²) in [6.07, 6.45) is 2.23. The summed E-state index contributed by atoms with van der Waals surface area (Å²) < 4.78 is 5.15. The smallest absolute Gasteiger partial charge is 0.198 e. The number of halogens is 1. The molecule has 1 N–H and O–H groups in total. The van der Waals surface area contributed by atoms with Crippen molar-refractivity contribution in [1.82, 2.24) is 15.0 Å². The number of methoxy groups -OCH3 is 1. The van der Waals surface area contributed by atoms with E-state index in [2.05, 4.69) is 25.6 Å². The van der Waals surface area contributed by atoms with E-state index < -0.39 is 0 Å². The van der Waals surface area contributed by atoms with Gasteiger partial charge in [0.05, 0.1) is 17.8 Å². The van der Waals surface area contributed by atoms with Gasteiger partial charge in [0.15, 0.2) is 16.7 Å². The van der Waals surface area contributed by atoms with Crippen LogP contribution in [0.5, 0.6) is 5.75 Å². The van der Waals surface area contributed by atoms with Gasteiger partial charge in [0.25, 0.3) is 0 Å². The molecule has 0 spiro atoms. The van der Waals surface area contributed by atoms with Gasteiger partial charge in [-0.05, 0) is 6.92 Å². The van der Waals surface area contributed by atoms with Crippen molar-refractivity contribution in [3.05, 3.63) is 27.6 Å². The van der Waals surface area contributed by atoms with Crippen LogP contribution in [0.15, 0.2) is 11.7 Å². The molecule has 0 bridgehead atoms. The molecular formula is C11H13ClN4OS. The zero-order valence-electron chi connectivity index (χ0n) is 10.1. The average Bonchev–Trinajstić information content (AvgIpc) is 2.75. The van der Waals surface area contributed by atoms with Gasteiger partial charge in [0.1, 0.15) is 6.33 Å². The predicted octanol–water partition coefficient (Wildman–Crippen LogP) is 2.56. The molecule has 0 aromatic carbocycles. The van der Waals surface area contributed by atoms with Gasteiger partial charge in [0, 0.05) is 18.3 Å². The quantitative estimate of drug-likeness (QED) is 0.855. The Morgan fingerprint density at radius 3 is 2.94 bits per heavy atom. The number of ether oxygens (including phenoxy) is 1. The first-order chi connectivity index (χ1) is 8.70. The molecule has 0 saturated heterocycles. The van der Waals surface area contributed by atoms with E-state index in [1.165, 1.54) is 6.33 Å². The summed E-state index contributed by atoms with van der Waals surface area (Å²) in [5.41, 5.74) is 1.07. The second kappa shape index (κ2) is 5.97. The largest absolute Gasteiger partial charge is 0.490 e. The van der Waals surface area contributed by atoms with Crippen LogP contribution in [0.3, 0.4) is 0 Å². The number of aryl methyl sites for hydroxylation is 1. The van der Waals surface area contributed by atoms with Crippen molar-refractivity contribution in [1.29, 1.82) is 0 Å². The van der Waals surface area contributed by atoms with Crippen molar-refractivity contribution in [3.63, 3.8) is 0 Å². The second-order valence-electron chi connectivity index (χ2n) is 3.58. The van der Waals surface area contributed by atoms with Crippen molar-refractivity contribution < 1.29 is 4.74 Å². The van der Waals surface area contributed by atoms with Gasteiger partial charge in [-0.3, -0.25) is 0 Å². The molecule has 2 heterocycles. The van der Waals surface area contributed by atoms with Crippen LogP contribution in [0.4, 0.5) is 5.82 Å². The molecule has 0 unspecified atom stereocenters. The normalized spacial score (nSPS) is 10.4. The minimum atomic E-state index is 0.305. The highest BCUT2D eigenvalue weighted by Crippen LogP contribution is 2.28. The maximum atomic E-state index is 5.90. The highest BCUT2D eigenvalue weighted by atomic mass is 35.5. The van der Waals surface area contributed by atoms with Crippen LogP contribution >= 0.6 is 22.9 Å². The molecule has 2 aromatic rings. The Labute approximate surface area is 114 Å². The van der Waals surface area contributed by atoms with Gasteiger partial charge in [-0.2, -0.15) is 0 Å². The van der Waals surface area contributed by atoms with Crippen LogP contribution < -0.4 is 10.1 Å². The summed E-state index contributed by atoms with van der Waals surface area (Å²) in [7, 11) is 1.54. The summed E-state index contributed by atoms with van der Waals surface area (Å²) in [5.74, 6) is 1.07. The van der Waals surface area contributed by atoms with E-state index >= 15 is 0 Å². The molecule has 7 heteroatoms. The molecular weight excluding hydrogens is 272 g/mol. The summed E-state index contributed by atoms with van der Waals surface area (Å²) in [4.78, 5) is 12.3. The van der Waals surface area contributed by atoms with Crippen LogP contribution in [0.2, 0.25) is 5.15 Å². The summed E-state index contributed by atoms with van der Waals surface area (Å²) >= 11 is 7.55. The van der Waals surface area contributed by atoms with Gasteiger partial charge < -0.3 is 10.1 Å². The Balaban J connectivity index is 1.96. The number of aromatic nitrogens is 3. The van der Waals surface area contributed by atoms with E-state index in [1.807, 2.05) is 6.92 Å². The van der Waals surface area contributed by atoms with E-state index in [0.717, 1.165) is 17.1 Å². The third-order valence-corrected chi connectivity index (χ3v) is 3.40. The first-order valence-corrected chi connectivity index (χ1v) is 6.66. The van der Waals surface area contributed by atoms with Gasteiger partial charge in [-0.1, -0.05) is 11.6 Å². The third-order valence-electron chi connectivity index (χ3n) is 2.30. The third kappa shape index (κ3) is 3.08. The van der Waals surface area contributed by atoms with Crippen LogP contribution in [0.25, 0.3) is 0 Å². The molecule has 2 rings (SSSR count). The fourth-order valence-electron chi connectivity index (χ4n) is 1.49. The zero-order valence-corrected chi connectivity index (χ0v) is 11.7. The van der Waals surface area contributed by atoms with Crippen LogP contribution in [0.1, 0.15) is 10.7 Å². The fourth-order valence-corrected chi connectivity index (χ4v) is 2.35. The zero-order chi connectivity index (χ0) is 13.0. The van der Waals surface area contributed by atoms with Crippen molar-refractivity contribution in [2.24, 2.45) is 0 Å². The van der Waals surface area contributed by atoms with Gasteiger partial charge in [0.2, 0.25) is 0 Å². The first kappa shape index (κ1) is 13.0. The molecule has 0 atom stereocenters. The lowest BCUT2D eigenvalue weighted by Gasteiger charge is -2.09. The Hall–Kier alpha value is -1.40. The molecule has 96 valence electrons. The van der Waals surface area contributed by atoms with Gasteiger partial charge >= 0.3 is 0 Å². The SMILES string of the molecule is COc1c(Cl)ncnc1NCCc1csc(C)n1. The summed E-state index contributed by atoms with van der Waals surface area (Å²) in [6.45, 7) is 2.71. The van der Waals surface area contributed by atoms with Crippen LogP contribution in [0, 0.1) is 6.92 Å². The van der Waals surface area contributed by atoms with E-state index in [0.29, 0.717) is 23.3 Å². The Morgan fingerprint density at radius 2 is 2.28 bits per heavy atom. The highest BCUT2D eigenvalue weighted by Gasteiger charge is 2.09. The molecule has 0 amide bonds. The van der Waals surface area contributed by atoms with Gasteiger partial charge in [-0.15, -0.1) is 11.3 Å². The van der Waals surface area contributed by atoms with E-state index in [-0.39, 0.29) is 0 Å². The number of nitrogens with one attached hydrogen (secondary N) is 1. The Bertz CT molecular complexity index is 532. The first-order valence-electron chi connectivity index (χ1n) is 5.40. The van der Waals surface area contributed by atoms with E-state index in [4.69, 9.17) is 16.3 Å². The molecule has 0 aliphatic rings. The number of hydrogen-bond donors (Lipinski definition) is 1. The van der Waals surface area contributed by atoms with Crippen LogP contribution in [-0.2, 0) is 6.42 Å². The minimum Gasteiger partial charge on any atom is -0.490 e. The number of anilines is 1. The predicted molar refractivity (Wildman–Crippen MR) is 72.6 cm³/mol. The lowest BCUT2D eigenvalue weighted by atomic mass is 10.3. The summed E-state index contributed by atoms with van der Waals surface area (Å²) in [5, 5.41) is 6.61. The fraction of sp³-hybridized carbons (Fsp3) is 0.364. The second-order valence-corrected chi connectivity index (χ2v) is 5.00. The average molecular weight is 285 g/mol. The Morgan fingerprint density at radius 1 is 1.44 bits per heavy atom. The molecule has 5 nitrogen and oxygen atoms in total. The maximum absolute atomic E-state index is 5.90. The lowest BCUT2D eigenvalue weighted by Crippen LogP contribution is -2.08. The lowest BCUT2D eigenvalue weighted by molar-refractivity contribution is 0.413.